The van der Waals surface area contributed by atoms with E-state index >= 15 is 0 Å². The lowest BCUT2D eigenvalue weighted by Crippen LogP contribution is -2.07. The number of aryl methyl sites for hydroxylation is 1. The number of methoxy groups -OCH3 is 3. The third-order valence-electron chi connectivity index (χ3n) is 4.91. The Bertz CT molecular complexity index is 1290. The van der Waals surface area contributed by atoms with Gasteiger partial charge in [-0.05, 0) is 31.2 Å². The highest BCUT2D eigenvalue weighted by Gasteiger charge is 2.23. The van der Waals surface area contributed by atoms with Gasteiger partial charge in [-0.25, -0.2) is 9.48 Å². The average molecular weight is 485 g/mol. The lowest BCUT2D eigenvalue weighted by Gasteiger charge is -2.12. The van der Waals surface area contributed by atoms with Crippen molar-refractivity contribution >= 4 is 17.6 Å². The molecule has 0 atom stereocenters. The first-order valence-electron chi connectivity index (χ1n) is 10.1. The molecule has 176 valence electrons. The van der Waals surface area contributed by atoms with Gasteiger partial charge in [0, 0.05) is 5.56 Å². The Labute approximate surface area is 200 Å². The van der Waals surface area contributed by atoms with E-state index in [4.69, 9.17) is 35.0 Å². The molecule has 4 rings (SSSR count). The quantitative estimate of drug-likeness (QED) is 0.338. The second kappa shape index (κ2) is 9.84. The summed E-state index contributed by atoms with van der Waals surface area (Å²) in [5, 5.41) is 12.5. The number of rotatable bonds is 8. The summed E-state index contributed by atoms with van der Waals surface area (Å²) < 4.78 is 28.5. The van der Waals surface area contributed by atoms with Gasteiger partial charge in [-0.1, -0.05) is 29.8 Å². The van der Waals surface area contributed by atoms with Gasteiger partial charge in [0.1, 0.15) is 10.7 Å². The smallest absolute Gasteiger partial charge is 0.343 e. The molecular weight excluding hydrogens is 464 g/mol. The molecule has 0 N–H and O–H groups in total. The molecule has 0 aliphatic rings. The summed E-state index contributed by atoms with van der Waals surface area (Å²) in [6, 6.07) is 12.6. The van der Waals surface area contributed by atoms with Crippen molar-refractivity contribution in [1.29, 1.82) is 0 Å². The first-order chi connectivity index (χ1) is 16.5. The van der Waals surface area contributed by atoms with E-state index in [9.17, 15) is 4.79 Å². The van der Waals surface area contributed by atoms with Crippen molar-refractivity contribution in [3.05, 3.63) is 64.8 Å². The Morgan fingerprint density at radius 3 is 2.32 bits per heavy atom. The highest BCUT2D eigenvalue weighted by atomic mass is 35.5. The van der Waals surface area contributed by atoms with Crippen LogP contribution in [0.1, 0.15) is 21.9 Å². The molecule has 11 heteroatoms. The minimum absolute atomic E-state index is 0.0985. The number of carbonyl (C=O) groups excluding carboxylic acids is 1. The summed E-state index contributed by atoms with van der Waals surface area (Å²) in [6.07, 6.45) is 0. The van der Waals surface area contributed by atoms with Crippen molar-refractivity contribution in [2.24, 2.45) is 0 Å². The number of nitrogens with zero attached hydrogens (tertiary/aromatic N) is 4. The minimum Gasteiger partial charge on any atom is -0.493 e. The van der Waals surface area contributed by atoms with Crippen molar-refractivity contribution in [2.45, 2.75) is 13.5 Å². The second-order valence-corrected chi connectivity index (χ2v) is 7.35. The molecule has 0 saturated heterocycles. The van der Waals surface area contributed by atoms with Crippen molar-refractivity contribution in [2.75, 3.05) is 21.3 Å². The summed E-state index contributed by atoms with van der Waals surface area (Å²) in [4.78, 5) is 12.7. The summed E-state index contributed by atoms with van der Waals surface area (Å²) in [7, 11) is 4.52. The maximum Gasteiger partial charge on any atom is 0.343 e. The van der Waals surface area contributed by atoms with Crippen molar-refractivity contribution in [3.63, 3.8) is 0 Å². The highest BCUT2D eigenvalue weighted by molar-refractivity contribution is 6.33. The lowest BCUT2D eigenvalue weighted by molar-refractivity contribution is 0.0438. The predicted octanol–water partition coefficient (Wildman–Crippen LogP) is 4.27. The van der Waals surface area contributed by atoms with Crippen LogP contribution in [-0.4, -0.2) is 47.3 Å². The number of aromatic nitrogens is 4. The molecule has 34 heavy (non-hydrogen) atoms. The number of carbonyl (C=O) groups is 1. The molecule has 10 nitrogen and oxygen atoms in total. The van der Waals surface area contributed by atoms with E-state index in [1.807, 2.05) is 30.3 Å². The first kappa shape index (κ1) is 23.1. The topological polar surface area (TPSA) is 111 Å². The molecule has 0 aliphatic heterocycles. The van der Waals surface area contributed by atoms with Crippen molar-refractivity contribution in [1.82, 2.24) is 20.0 Å². The van der Waals surface area contributed by atoms with Crippen LogP contribution in [0.4, 0.5) is 0 Å². The molecule has 0 spiro atoms. The van der Waals surface area contributed by atoms with Gasteiger partial charge >= 0.3 is 5.97 Å². The Balaban J connectivity index is 1.51. The fraction of sp³-hybridized carbons (Fsp3) is 0.217. The molecule has 0 unspecified atom stereocenters. The number of hydrogen-bond donors (Lipinski definition) is 0. The monoisotopic (exact) mass is 484 g/mol. The van der Waals surface area contributed by atoms with Crippen molar-refractivity contribution in [3.8, 4) is 34.4 Å². The van der Waals surface area contributed by atoms with E-state index in [0.29, 0.717) is 28.5 Å². The average Bonchev–Trinajstić information content (AvgIpc) is 3.46. The standard InChI is InChI=1S/C23H21ClN4O6/c1-13-19(21(24)28(27-13)15-8-6-5-7-9-15)23(29)33-12-18-25-26-22(34-18)14-10-16(30-2)20(32-4)17(11-14)31-3/h5-11H,12H2,1-4H3. The van der Waals surface area contributed by atoms with Crippen LogP contribution in [0, 0.1) is 6.92 Å². The zero-order valence-corrected chi connectivity index (χ0v) is 19.6. The van der Waals surface area contributed by atoms with Gasteiger partial charge in [-0.3, -0.25) is 0 Å². The molecule has 2 aromatic heterocycles. The summed E-state index contributed by atoms with van der Waals surface area (Å²) >= 11 is 6.42. The molecule has 2 heterocycles. The predicted molar refractivity (Wildman–Crippen MR) is 122 cm³/mol. The molecule has 0 aliphatic carbocycles. The number of halogens is 1. The number of ether oxygens (including phenoxy) is 4. The SMILES string of the molecule is COc1cc(-c2nnc(COC(=O)c3c(C)nn(-c4ccccc4)c3Cl)o2)cc(OC)c1OC. The van der Waals surface area contributed by atoms with Gasteiger partial charge in [0.2, 0.25) is 11.6 Å². The van der Waals surface area contributed by atoms with Crippen molar-refractivity contribution < 1.29 is 28.2 Å². The summed E-state index contributed by atoms with van der Waals surface area (Å²) in [5.41, 5.74) is 1.86. The highest BCUT2D eigenvalue weighted by Crippen LogP contribution is 2.40. The first-order valence-corrected chi connectivity index (χ1v) is 10.4. The third kappa shape index (κ3) is 4.40. The maximum absolute atomic E-state index is 12.7. The molecular formula is C23H21ClN4O6. The fourth-order valence-corrected chi connectivity index (χ4v) is 3.65. The molecule has 0 radical (unpaired) electrons. The normalized spacial score (nSPS) is 10.7. The van der Waals surface area contributed by atoms with E-state index in [1.54, 1.807) is 19.1 Å². The molecule has 4 aromatic rings. The molecule has 0 fully saturated rings. The summed E-state index contributed by atoms with van der Waals surface area (Å²) in [6.45, 7) is 1.43. The number of esters is 1. The Hall–Kier alpha value is -4.05. The number of benzene rings is 2. The van der Waals surface area contributed by atoms with Gasteiger partial charge in [0.15, 0.2) is 18.1 Å². The maximum atomic E-state index is 12.7. The van der Waals surface area contributed by atoms with E-state index in [2.05, 4.69) is 15.3 Å². The lowest BCUT2D eigenvalue weighted by atomic mass is 10.2. The Morgan fingerprint density at radius 2 is 1.71 bits per heavy atom. The third-order valence-corrected chi connectivity index (χ3v) is 5.26. The second-order valence-electron chi connectivity index (χ2n) is 6.99. The van der Waals surface area contributed by atoms with E-state index in [0.717, 1.165) is 5.69 Å². The minimum atomic E-state index is -0.655. The molecule has 0 amide bonds. The largest absolute Gasteiger partial charge is 0.493 e. The van der Waals surface area contributed by atoms with E-state index in [1.165, 1.54) is 26.0 Å². The molecule has 2 aromatic carbocycles. The molecule has 0 saturated carbocycles. The van der Waals surface area contributed by atoms with E-state index in [-0.39, 0.29) is 29.1 Å². The van der Waals surface area contributed by atoms with Gasteiger partial charge in [0.25, 0.3) is 5.89 Å². The number of para-hydroxylation sites is 1. The van der Waals surface area contributed by atoms with Crippen LogP contribution < -0.4 is 14.2 Å². The van der Waals surface area contributed by atoms with Crippen LogP contribution in [-0.2, 0) is 11.3 Å². The van der Waals surface area contributed by atoms with Gasteiger partial charge in [-0.15, -0.1) is 10.2 Å². The van der Waals surface area contributed by atoms with Crippen LogP contribution >= 0.6 is 11.6 Å². The van der Waals surface area contributed by atoms with Crippen LogP contribution in [0.5, 0.6) is 17.2 Å². The van der Waals surface area contributed by atoms with Gasteiger partial charge in [-0.2, -0.15) is 5.10 Å². The Kier molecular flexibility index (Phi) is 6.69. The molecule has 0 bridgehead atoms. The number of hydrogen-bond acceptors (Lipinski definition) is 9. The van der Waals surface area contributed by atoms with Crippen LogP contribution in [0.3, 0.4) is 0 Å². The van der Waals surface area contributed by atoms with Crippen LogP contribution in [0.15, 0.2) is 46.9 Å². The van der Waals surface area contributed by atoms with E-state index < -0.39 is 5.97 Å². The Morgan fingerprint density at radius 1 is 1.03 bits per heavy atom. The van der Waals surface area contributed by atoms with Gasteiger partial charge in [0.05, 0.1) is 32.7 Å². The van der Waals surface area contributed by atoms with Gasteiger partial charge < -0.3 is 23.4 Å². The fourth-order valence-electron chi connectivity index (χ4n) is 3.30. The van der Waals surface area contributed by atoms with Crippen LogP contribution in [0.25, 0.3) is 17.1 Å². The van der Waals surface area contributed by atoms with Crippen LogP contribution in [0.2, 0.25) is 5.15 Å². The zero-order chi connectivity index (χ0) is 24.2. The zero-order valence-electron chi connectivity index (χ0n) is 18.9. The summed E-state index contributed by atoms with van der Waals surface area (Å²) in [5.74, 6) is 0.938.